The fourth-order valence-corrected chi connectivity index (χ4v) is 0.335. The summed E-state index contributed by atoms with van der Waals surface area (Å²) >= 11 is 0. The third kappa shape index (κ3) is 3.47. The van der Waals surface area contributed by atoms with E-state index in [1.807, 2.05) is 13.0 Å². The molecule has 0 heterocycles. The molecule has 0 saturated carbocycles. The average Bonchev–Trinajstić information content (AvgIpc) is 1.83. The van der Waals surface area contributed by atoms with Crippen LogP contribution in [-0.2, 0) is 0 Å². The molecule has 0 aliphatic carbocycles. The van der Waals surface area contributed by atoms with Crippen molar-refractivity contribution in [1.82, 2.24) is 0 Å². The maximum Gasteiger partial charge on any atom is 0.110 e. The van der Waals surface area contributed by atoms with Gasteiger partial charge in [0.1, 0.15) is 5.76 Å². The van der Waals surface area contributed by atoms with E-state index in [0.717, 1.165) is 6.42 Å². The van der Waals surface area contributed by atoms with Crippen LogP contribution in [0.5, 0.6) is 0 Å². The van der Waals surface area contributed by atoms with Crippen molar-refractivity contribution >= 4 is 0 Å². The molecule has 0 rings (SSSR count). The molecule has 0 aromatic heterocycles. The van der Waals surface area contributed by atoms with E-state index >= 15 is 0 Å². The van der Waals surface area contributed by atoms with Crippen LogP contribution in [-0.4, -0.2) is 5.11 Å². The lowest BCUT2D eigenvalue weighted by Gasteiger charge is -1.83. The largest absolute Gasteiger partial charge is 0.508 e. The van der Waals surface area contributed by atoms with Crippen LogP contribution in [0, 0.1) is 0 Å². The zero-order chi connectivity index (χ0) is 6.41. The summed E-state index contributed by atoms with van der Waals surface area (Å²) in [5.41, 5.74) is 0. The van der Waals surface area contributed by atoms with Crippen LogP contribution in [0.1, 0.15) is 20.3 Å². The Morgan fingerprint density at radius 2 is 2.25 bits per heavy atom. The Morgan fingerprint density at radius 1 is 1.62 bits per heavy atom. The summed E-state index contributed by atoms with van der Waals surface area (Å²) in [5.74, 6) is 0.340. The molecule has 0 saturated heterocycles. The zero-order valence-corrected chi connectivity index (χ0v) is 5.39. The second kappa shape index (κ2) is 4.44. The molecule has 1 nitrogen and oxygen atoms in total. The van der Waals surface area contributed by atoms with Crippen LogP contribution < -0.4 is 0 Å². The fraction of sp³-hybridized carbons (Fsp3) is 0.429. The van der Waals surface area contributed by atoms with Gasteiger partial charge in [0, 0.05) is 0 Å². The number of aliphatic hydroxyl groups excluding tert-OH is 1. The van der Waals surface area contributed by atoms with Crippen LogP contribution >= 0.6 is 0 Å². The Hall–Kier alpha value is -0.720. The Balaban J connectivity index is 3.53. The molecular formula is C7H12O. The molecule has 0 radical (unpaired) electrons. The molecule has 8 heavy (non-hydrogen) atoms. The number of aliphatic hydroxyl groups is 1. The molecule has 0 aromatic carbocycles. The summed E-state index contributed by atoms with van der Waals surface area (Å²) in [7, 11) is 0. The Morgan fingerprint density at radius 3 is 2.62 bits per heavy atom. The molecule has 0 aliphatic rings. The molecular weight excluding hydrogens is 100 g/mol. The molecule has 0 fully saturated rings. The number of hydrogen-bond acceptors (Lipinski definition) is 1. The first-order valence-electron chi connectivity index (χ1n) is 2.83. The van der Waals surface area contributed by atoms with Gasteiger partial charge in [-0.25, -0.2) is 0 Å². The van der Waals surface area contributed by atoms with Crippen molar-refractivity contribution in [3.8, 4) is 0 Å². The first-order valence-corrected chi connectivity index (χ1v) is 2.83. The highest BCUT2D eigenvalue weighted by molar-refractivity contribution is 5.08. The van der Waals surface area contributed by atoms with Gasteiger partial charge in [-0.1, -0.05) is 13.0 Å². The van der Waals surface area contributed by atoms with E-state index < -0.39 is 0 Å². The van der Waals surface area contributed by atoms with Crippen molar-refractivity contribution in [3.63, 3.8) is 0 Å². The minimum Gasteiger partial charge on any atom is -0.508 e. The maximum absolute atomic E-state index is 8.76. The van der Waals surface area contributed by atoms with Gasteiger partial charge >= 0.3 is 0 Å². The quantitative estimate of drug-likeness (QED) is 0.429. The van der Waals surface area contributed by atoms with Crippen molar-refractivity contribution in [2.75, 3.05) is 0 Å². The number of rotatable bonds is 2. The van der Waals surface area contributed by atoms with Gasteiger partial charge in [-0.05, 0) is 25.5 Å². The maximum atomic E-state index is 8.76. The fourth-order valence-electron chi connectivity index (χ4n) is 0.335. The van der Waals surface area contributed by atoms with E-state index in [1.54, 1.807) is 19.1 Å². The van der Waals surface area contributed by atoms with E-state index in [2.05, 4.69) is 0 Å². The first-order chi connectivity index (χ1) is 3.81. The van der Waals surface area contributed by atoms with Gasteiger partial charge in [-0.3, -0.25) is 0 Å². The second-order valence-corrected chi connectivity index (χ2v) is 1.52. The molecule has 0 bridgehead atoms. The number of allylic oxidation sites excluding steroid dienone is 3. The smallest absolute Gasteiger partial charge is 0.110 e. The Bertz CT molecular complexity index is 101. The standard InChI is InChI=1S/C7H12O/c1-3-5-6-7(8)4-2/h4-6,8H,3H2,1-2H3/b6-5+,7-4-. The van der Waals surface area contributed by atoms with Crippen LogP contribution in [0.15, 0.2) is 24.0 Å². The lowest BCUT2D eigenvalue weighted by atomic mass is 10.3. The van der Waals surface area contributed by atoms with Gasteiger partial charge in [-0.15, -0.1) is 0 Å². The van der Waals surface area contributed by atoms with Crippen LogP contribution in [0.2, 0.25) is 0 Å². The lowest BCUT2D eigenvalue weighted by molar-refractivity contribution is 0.431. The minimum absolute atomic E-state index is 0.340. The van der Waals surface area contributed by atoms with Crippen molar-refractivity contribution in [2.24, 2.45) is 0 Å². The monoisotopic (exact) mass is 112 g/mol. The minimum atomic E-state index is 0.340. The SMILES string of the molecule is C/C=C(O)/C=C/CC. The van der Waals surface area contributed by atoms with E-state index in [9.17, 15) is 0 Å². The summed E-state index contributed by atoms with van der Waals surface area (Å²) < 4.78 is 0. The number of hydrogen-bond donors (Lipinski definition) is 1. The van der Waals surface area contributed by atoms with Crippen LogP contribution in [0.4, 0.5) is 0 Å². The summed E-state index contributed by atoms with van der Waals surface area (Å²) in [6.07, 6.45) is 6.24. The van der Waals surface area contributed by atoms with Crippen molar-refractivity contribution in [3.05, 3.63) is 24.0 Å². The molecule has 0 aliphatic heterocycles. The molecule has 0 spiro atoms. The highest BCUT2D eigenvalue weighted by atomic mass is 16.3. The summed E-state index contributed by atoms with van der Waals surface area (Å²) in [4.78, 5) is 0. The van der Waals surface area contributed by atoms with Crippen LogP contribution in [0.25, 0.3) is 0 Å². The van der Waals surface area contributed by atoms with Crippen molar-refractivity contribution < 1.29 is 5.11 Å². The summed E-state index contributed by atoms with van der Waals surface area (Å²) in [5, 5.41) is 8.76. The molecule has 1 N–H and O–H groups in total. The van der Waals surface area contributed by atoms with Crippen molar-refractivity contribution in [1.29, 1.82) is 0 Å². The van der Waals surface area contributed by atoms with Gasteiger partial charge in [0.05, 0.1) is 0 Å². The third-order valence-electron chi connectivity index (χ3n) is 0.820. The highest BCUT2D eigenvalue weighted by Gasteiger charge is 1.75. The lowest BCUT2D eigenvalue weighted by Crippen LogP contribution is -1.68. The Labute approximate surface area is 50.3 Å². The Kier molecular flexibility index (Phi) is 4.04. The van der Waals surface area contributed by atoms with E-state index in [-0.39, 0.29) is 0 Å². The first kappa shape index (κ1) is 7.28. The van der Waals surface area contributed by atoms with Crippen molar-refractivity contribution in [2.45, 2.75) is 20.3 Å². The van der Waals surface area contributed by atoms with E-state index in [1.165, 1.54) is 0 Å². The summed E-state index contributed by atoms with van der Waals surface area (Å²) in [6, 6.07) is 0. The molecule has 0 unspecified atom stereocenters. The van der Waals surface area contributed by atoms with E-state index in [4.69, 9.17) is 5.11 Å². The molecule has 0 atom stereocenters. The predicted octanol–water partition coefficient (Wildman–Crippen LogP) is 2.41. The highest BCUT2D eigenvalue weighted by Crippen LogP contribution is 1.90. The molecule has 0 aromatic rings. The predicted molar refractivity (Wildman–Crippen MR) is 35.8 cm³/mol. The summed E-state index contributed by atoms with van der Waals surface area (Å²) in [6.45, 7) is 3.83. The zero-order valence-electron chi connectivity index (χ0n) is 5.39. The van der Waals surface area contributed by atoms with Gasteiger partial charge in [0.2, 0.25) is 0 Å². The van der Waals surface area contributed by atoms with Gasteiger partial charge in [0.15, 0.2) is 0 Å². The van der Waals surface area contributed by atoms with Gasteiger partial charge < -0.3 is 5.11 Å². The topological polar surface area (TPSA) is 20.2 Å². The molecule has 1 heteroatoms. The average molecular weight is 112 g/mol. The normalized spacial score (nSPS) is 13.0. The second-order valence-electron chi connectivity index (χ2n) is 1.52. The van der Waals surface area contributed by atoms with E-state index in [0.29, 0.717) is 5.76 Å². The molecule has 46 valence electrons. The molecule has 0 amide bonds. The van der Waals surface area contributed by atoms with Gasteiger partial charge in [-0.2, -0.15) is 0 Å². The van der Waals surface area contributed by atoms with Crippen LogP contribution in [0.3, 0.4) is 0 Å². The van der Waals surface area contributed by atoms with Gasteiger partial charge in [0.25, 0.3) is 0 Å². The third-order valence-corrected chi connectivity index (χ3v) is 0.820.